The van der Waals surface area contributed by atoms with Gasteiger partial charge in [0.25, 0.3) is 0 Å². The summed E-state index contributed by atoms with van der Waals surface area (Å²) in [7, 11) is -3.54. The molecule has 0 saturated heterocycles. The summed E-state index contributed by atoms with van der Waals surface area (Å²) in [5.74, 6) is 0. The van der Waals surface area contributed by atoms with Crippen molar-refractivity contribution < 1.29 is 8.42 Å². The van der Waals surface area contributed by atoms with Crippen LogP contribution in [0.25, 0.3) is 0 Å². The highest BCUT2D eigenvalue weighted by Crippen LogP contribution is 2.22. The molecule has 1 unspecified atom stereocenters. The molecule has 0 aliphatic rings. The first kappa shape index (κ1) is 15.2. The maximum absolute atomic E-state index is 11.9. The van der Waals surface area contributed by atoms with E-state index in [1.165, 1.54) is 18.2 Å². The van der Waals surface area contributed by atoms with Gasteiger partial charge in [0.1, 0.15) is 0 Å². The first-order valence-electron chi connectivity index (χ1n) is 4.91. The number of nitrogens with one attached hydrogen (secondary N) is 1. The molecule has 0 saturated carbocycles. The summed E-state index contributed by atoms with van der Waals surface area (Å²) in [6, 6.07) is 4.23. The first-order chi connectivity index (χ1) is 7.81. The summed E-state index contributed by atoms with van der Waals surface area (Å²) in [4.78, 5) is 0.338. The van der Waals surface area contributed by atoms with Gasteiger partial charge in [0.2, 0.25) is 10.0 Å². The molecule has 1 N–H and O–H groups in total. The van der Waals surface area contributed by atoms with E-state index < -0.39 is 10.0 Å². The molecule has 0 amide bonds. The lowest BCUT2D eigenvalue weighted by molar-refractivity contribution is 0.579. The van der Waals surface area contributed by atoms with Gasteiger partial charge in [-0.1, -0.05) is 46.1 Å². The van der Waals surface area contributed by atoms with E-state index >= 15 is 0 Å². The molecule has 7 heteroatoms. The van der Waals surface area contributed by atoms with Crippen molar-refractivity contribution in [3.05, 3.63) is 28.2 Å². The Labute approximate surface area is 120 Å². The van der Waals surface area contributed by atoms with Gasteiger partial charge < -0.3 is 0 Å². The van der Waals surface area contributed by atoms with E-state index in [4.69, 9.17) is 23.2 Å². The summed E-state index contributed by atoms with van der Waals surface area (Å²) in [5, 5.41) is 0.596. The van der Waals surface area contributed by atoms with Crippen molar-refractivity contribution in [3.63, 3.8) is 0 Å². The van der Waals surface area contributed by atoms with E-state index in [0.29, 0.717) is 23.0 Å². The molecule has 96 valence electrons. The minimum absolute atomic E-state index is 0.0808. The molecule has 0 aliphatic heterocycles. The standard InChI is InChI=1S/C10H12BrCl2NO2S/c1-7(11)2-3-14-17(15,16)10-5-8(12)4-9(13)6-10/h4-7,14H,2-3H2,1H3. The monoisotopic (exact) mass is 359 g/mol. The van der Waals surface area contributed by atoms with E-state index in [0.717, 1.165) is 0 Å². The van der Waals surface area contributed by atoms with Crippen molar-refractivity contribution in [1.82, 2.24) is 4.72 Å². The molecule has 0 radical (unpaired) electrons. The molecule has 17 heavy (non-hydrogen) atoms. The molecule has 0 spiro atoms. The molecule has 0 aliphatic carbocycles. The molecule has 3 nitrogen and oxygen atoms in total. The topological polar surface area (TPSA) is 46.2 Å². The summed E-state index contributed by atoms with van der Waals surface area (Å²) in [6.07, 6.45) is 0.702. The third-order valence-electron chi connectivity index (χ3n) is 1.98. The van der Waals surface area contributed by atoms with E-state index in [2.05, 4.69) is 20.7 Å². The average Bonchev–Trinajstić information content (AvgIpc) is 2.14. The van der Waals surface area contributed by atoms with Gasteiger partial charge >= 0.3 is 0 Å². The zero-order chi connectivity index (χ0) is 13.1. The third-order valence-corrected chi connectivity index (χ3v) is 4.32. The Morgan fingerprint density at radius 2 is 1.82 bits per heavy atom. The van der Waals surface area contributed by atoms with Crippen LogP contribution in [0.3, 0.4) is 0 Å². The highest BCUT2D eigenvalue weighted by molar-refractivity contribution is 9.09. The molecule has 0 fully saturated rings. The minimum Gasteiger partial charge on any atom is -0.211 e. The summed E-state index contributed by atoms with van der Waals surface area (Å²) >= 11 is 14.9. The number of hydrogen-bond donors (Lipinski definition) is 1. The second-order valence-electron chi connectivity index (χ2n) is 3.57. The predicted octanol–water partition coefficient (Wildman–Crippen LogP) is 3.45. The smallest absolute Gasteiger partial charge is 0.211 e. The maximum Gasteiger partial charge on any atom is 0.240 e. The van der Waals surface area contributed by atoms with Crippen LogP contribution in [-0.2, 0) is 10.0 Å². The molecular weight excluding hydrogens is 349 g/mol. The largest absolute Gasteiger partial charge is 0.240 e. The molecule has 1 aromatic carbocycles. The summed E-state index contributed by atoms with van der Waals surface area (Å²) < 4.78 is 26.2. The van der Waals surface area contributed by atoms with Crippen molar-refractivity contribution in [2.75, 3.05) is 6.54 Å². The Balaban J connectivity index is 2.82. The van der Waals surface area contributed by atoms with Crippen LogP contribution in [0.15, 0.2) is 23.1 Å². The van der Waals surface area contributed by atoms with Crippen molar-refractivity contribution in [2.24, 2.45) is 0 Å². The van der Waals surface area contributed by atoms with Gasteiger partial charge in [-0.15, -0.1) is 0 Å². The van der Waals surface area contributed by atoms with Gasteiger partial charge in [-0.05, 0) is 24.6 Å². The number of sulfonamides is 1. The molecule has 1 atom stereocenters. The maximum atomic E-state index is 11.9. The third kappa shape index (κ3) is 5.14. The highest BCUT2D eigenvalue weighted by atomic mass is 79.9. The van der Waals surface area contributed by atoms with Gasteiger partial charge in [0, 0.05) is 21.4 Å². The number of alkyl halides is 1. The molecule has 0 bridgehead atoms. The van der Waals surface area contributed by atoms with Crippen molar-refractivity contribution in [2.45, 2.75) is 23.1 Å². The van der Waals surface area contributed by atoms with Crippen LogP contribution in [0.4, 0.5) is 0 Å². The zero-order valence-corrected chi connectivity index (χ0v) is 13.0. The Morgan fingerprint density at radius 1 is 1.29 bits per heavy atom. The first-order valence-corrected chi connectivity index (χ1v) is 8.06. The minimum atomic E-state index is -3.54. The fourth-order valence-corrected chi connectivity index (χ4v) is 3.16. The van der Waals surface area contributed by atoms with Crippen molar-refractivity contribution in [1.29, 1.82) is 0 Å². The number of benzene rings is 1. The Kier molecular flexibility index (Phi) is 5.73. The molecule has 0 heterocycles. The van der Waals surface area contributed by atoms with Gasteiger partial charge in [0.15, 0.2) is 0 Å². The van der Waals surface area contributed by atoms with Crippen LogP contribution in [-0.4, -0.2) is 19.8 Å². The van der Waals surface area contributed by atoms with Gasteiger partial charge in [0.05, 0.1) is 4.90 Å². The Morgan fingerprint density at radius 3 is 2.29 bits per heavy atom. The fourth-order valence-electron chi connectivity index (χ4n) is 1.16. The Bertz CT molecular complexity index is 471. The quantitative estimate of drug-likeness (QED) is 0.817. The molecule has 1 aromatic rings. The predicted molar refractivity (Wildman–Crippen MR) is 74.7 cm³/mol. The summed E-state index contributed by atoms with van der Waals surface area (Å²) in [5.41, 5.74) is 0. The second kappa shape index (κ2) is 6.38. The normalized spacial score (nSPS) is 13.6. The average molecular weight is 361 g/mol. The van der Waals surface area contributed by atoms with Gasteiger partial charge in [-0.25, -0.2) is 13.1 Å². The SMILES string of the molecule is CC(Br)CCNS(=O)(=O)c1cc(Cl)cc(Cl)c1. The Hall–Kier alpha value is 0.190. The highest BCUT2D eigenvalue weighted by Gasteiger charge is 2.15. The van der Waals surface area contributed by atoms with Crippen LogP contribution < -0.4 is 4.72 Å². The molecule has 0 aromatic heterocycles. The van der Waals surface area contributed by atoms with Crippen LogP contribution >= 0.6 is 39.1 Å². The van der Waals surface area contributed by atoms with Crippen LogP contribution in [0, 0.1) is 0 Å². The van der Waals surface area contributed by atoms with Crippen molar-refractivity contribution in [3.8, 4) is 0 Å². The fraction of sp³-hybridized carbons (Fsp3) is 0.400. The van der Waals surface area contributed by atoms with Gasteiger partial charge in [-0.3, -0.25) is 0 Å². The van der Waals surface area contributed by atoms with E-state index in [-0.39, 0.29) is 9.72 Å². The summed E-state index contributed by atoms with van der Waals surface area (Å²) in [6.45, 7) is 2.31. The number of hydrogen-bond acceptors (Lipinski definition) is 2. The second-order valence-corrected chi connectivity index (χ2v) is 7.78. The van der Waals surface area contributed by atoms with Crippen LogP contribution in [0.2, 0.25) is 10.0 Å². The number of halogens is 3. The van der Waals surface area contributed by atoms with Crippen molar-refractivity contribution >= 4 is 49.2 Å². The van der Waals surface area contributed by atoms with Crippen LogP contribution in [0.5, 0.6) is 0 Å². The van der Waals surface area contributed by atoms with Gasteiger partial charge in [-0.2, -0.15) is 0 Å². The lowest BCUT2D eigenvalue weighted by Crippen LogP contribution is -2.26. The lowest BCUT2D eigenvalue weighted by atomic mass is 10.3. The lowest BCUT2D eigenvalue weighted by Gasteiger charge is -2.08. The molecular formula is C10H12BrCl2NO2S. The van der Waals surface area contributed by atoms with E-state index in [1.807, 2.05) is 6.92 Å². The van der Waals surface area contributed by atoms with E-state index in [9.17, 15) is 8.42 Å². The van der Waals surface area contributed by atoms with E-state index in [1.54, 1.807) is 0 Å². The zero-order valence-electron chi connectivity index (χ0n) is 9.08. The molecule has 1 rings (SSSR count). The number of rotatable bonds is 5. The van der Waals surface area contributed by atoms with Crippen LogP contribution in [0.1, 0.15) is 13.3 Å².